The zero-order valence-corrected chi connectivity index (χ0v) is 53.7. The largest absolute Gasteiger partial charge is 0.309 e. The van der Waals surface area contributed by atoms with Crippen LogP contribution in [0.2, 0.25) is 0 Å². The first-order valence-corrected chi connectivity index (χ1v) is 36.4. The van der Waals surface area contributed by atoms with Crippen molar-refractivity contribution in [3.05, 3.63) is 358 Å². The molecule has 5 aromatic heterocycles. The van der Waals surface area contributed by atoms with Gasteiger partial charge in [-0.3, -0.25) is 9.13 Å². The van der Waals surface area contributed by atoms with E-state index < -0.39 is 16.1 Å². The zero-order valence-electron chi connectivity index (χ0n) is 51.7. The first-order chi connectivity index (χ1) is 47.1. The van der Waals surface area contributed by atoms with Crippen LogP contribution in [-0.2, 0) is 0 Å². The highest BCUT2D eigenvalue weighted by Gasteiger charge is 2.43. The number of rotatable bonds is 13. The van der Waals surface area contributed by atoms with Crippen LogP contribution in [0.3, 0.4) is 0 Å². The Morgan fingerprint density at radius 2 is 0.642 bits per heavy atom. The van der Waals surface area contributed by atoms with Crippen LogP contribution in [-0.4, -0.2) is 49.8 Å². The van der Waals surface area contributed by atoms with E-state index in [9.17, 15) is 0 Å². The van der Waals surface area contributed by atoms with Gasteiger partial charge >= 0.3 is 0 Å². The predicted octanol–water partition coefficient (Wildman–Crippen LogP) is 14.6. The molecule has 0 aliphatic rings. The van der Waals surface area contributed by atoms with Crippen LogP contribution in [0.15, 0.2) is 358 Å². The summed E-state index contributed by atoms with van der Waals surface area (Å²) in [6, 6.07) is 129. The molecule has 5 heterocycles. The van der Waals surface area contributed by atoms with Crippen molar-refractivity contribution in [3.8, 4) is 40.1 Å². The summed E-state index contributed by atoms with van der Waals surface area (Å²) >= 11 is 0. The lowest BCUT2D eigenvalue weighted by Crippen LogP contribution is -2.74. The second-order valence-electron chi connectivity index (χ2n) is 24.5. The minimum Gasteiger partial charge on any atom is -0.309 e. The third-order valence-electron chi connectivity index (χ3n) is 19.4. The Labute approximate surface area is 551 Å². The lowest BCUT2D eigenvalue weighted by Gasteiger charge is -2.35. The molecule has 446 valence electrons. The van der Waals surface area contributed by atoms with Crippen molar-refractivity contribution in [3.63, 3.8) is 0 Å². The molecule has 0 radical (unpaired) electrons. The molecule has 0 saturated carbocycles. The second kappa shape index (κ2) is 22.9. The first-order valence-electron chi connectivity index (χ1n) is 32.4. The number of nitrogens with zero attached hydrogens (tertiary/aromatic N) is 7. The minimum absolute atomic E-state index is 0.464. The van der Waals surface area contributed by atoms with Crippen molar-refractivity contribution in [1.29, 1.82) is 0 Å². The summed E-state index contributed by atoms with van der Waals surface area (Å²) in [6.07, 6.45) is 1.86. The van der Waals surface area contributed by atoms with Crippen LogP contribution in [0.4, 0.5) is 0 Å². The van der Waals surface area contributed by atoms with E-state index in [0.29, 0.717) is 17.7 Å². The molecule has 18 rings (SSSR count). The maximum Gasteiger partial charge on any atom is 0.241 e. The van der Waals surface area contributed by atoms with Crippen molar-refractivity contribution in [1.82, 2.24) is 33.6 Å². The summed E-state index contributed by atoms with van der Waals surface area (Å²) in [5, 5.41) is 16.8. The van der Waals surface area contributed by atoms with E-state index in [2.05, 4.69) is 359 Å². The highest BCUT2D eigenvalue weighted by atomic mass is 28.3. The van der Waals surface area contributed by atoms with Crippen molar-refractivity contribution < 1.29 is 0 Å². The predicted molar refractivity (Wildman–Crippen MR) is 399 cm³/mol. The Hall–Kier alpha value is -12.1. The van der Waals surface area contributed by atoms with Gasteiger partial charge in [0.15, 0.2) is 22.0 Å². The highest BCUT2D eigenvalue weighted by molar-refractivity contribution is 7.20. The van der Waals surface area contributed by atoms with Gasteiger partial charge in [-0.2, -0.15) is 15.0 Å². The summed E-state index contributed by atoms with van der Waals surface area (Å²) in [4.78, 5) is 22.3. The van der Waals surface area contributed by atoms with E-state index in [0.717, 1.165) is 76.8 Å². The van der Waals surface area contributed by atoms with Crippen molar-refractivity contribution in [2.75, 3.05) is 0 Å². The monoisotopic (exact) mass is 1250 g/mol. The van der Waals surface area contributed by atoms with Gasteiger partial charge in [0.1, 0.15) is 5.65 Å². The van der Waals surface area contributed by atoms with Crippen molar-refractivity contribution >= 4 is 123 Å². The number of benzene rings is 13. The van der Waals surface area contributed by atoms with Crippen LogP contribution in [0, 0.1) is 0 Å². The Bertz CT molecular complexity index is 5720. The molecule has 0 spiro atoms. The lowest BCUT2D eigenvalue weighted by atomic mass is 10.1. The Balaban J connectivity index is 0.910. The SMILES string of the molecule is c1ccc(-c2cccc([Si](c3ccccc3)(c3ccccc3)c3cccc(-c4nc(-n5c6ccccc6c6cccnc65)nc(-n5c6ccccc6c6ccc7c(c8ccccc8n7-c7cccc([Si](c8ccccc8)(c8ccccc8)c8ccccc8)c7)c65)n4)c3)c2)cc1. The molecule has 7 nitrogen and oxygen atoms in total. The third kappa shape index (κ3) is 8.85. The number of aromatic nitrogens is 7. The van der Waals surface area contributed by atoms with Crippen LogP contribution in [0.25, 0.3) is 106 Å². The molecule has 0 aliphatic carbocycles. The van der Waals surface area contributed by atoms with E-state index in [1.165, 1.54) is 52.6 Å². The summed E-state index contributed by atoms with van der Waals surface area (Å²) in [6.45, 7) is 0. The van der Waals surface area contributed by atoms with Gasteiger partial charge < -0.3 is 4.57 Å². The van der Waals surface area contributed by atoms with Gasteiger partial charge in [-0.15, -0.1) is 0 Å². The van der Waals surface area contributed by atoms with E-state index in [1.807, 2.05) is 12.3 Å². The van der Waals surface area contributed by atoms with E-state index in [-0.39, 0.29) is 0 Å². The molecular formula is C86H59N7Si2. The molecule has 0 bridgehead atoms. The highest BCUT2D eigenvalue weighted by Crippen LogP contribution is 2.42. The molecule has 0 amide bonds. The zero-order chi connectivity index (χ0) is 62.9. The standard InChI is InChI=1S/C86H59N7Si2/c1-7-29-60(30-8-1)61-31-25-44-69(57-61)95(67-40-15-5-16-41-67,68-42-17-6-18-43-68)70-45-26-32-62(58-70)83-88-85(90-86(89-83)93-78-52-23-20-48-73(78)75-50-28-56-87-84(75)93)92-77-51-22-19-47-72(77)74-54-55-80-81(82(74)92)76-49-21-24-53-79(76)91(80)63-33-27-46-71(59-63)94(64-34-9-2-10-35-64,65-36-11-3-12-37-65)66-38-13-4-14-39-66/h1-59H. The minimum atomic E-state index is -3.15. The van der Waals surface area contributed by atoms with Crippen LogP contribution < -0.4 is 41.5 Å². The maximum atomic E-state index is 5.81. The smallest absolute Gasteiger partial charge is 0.241 e. The van der Waals surface area contributed by atoms with Gasteiger partial charge in [-0.25, -0.2) is 4.98 Å². The third-order valence-corrected chi connectivity index (χ3v) is 29.0. The van der Waals surface area contributed by atoms with Gasteiger partial charge in [-0.05, 0) is 101 Å². The molecule has 18 aromatic rings. The van der Waals surface area contributed by atoms with Gasteiger partial charge in [0.05, 0.1) is 27.6 Å². The van der Waals surface area contributed by atoms with Gasteiger partial charge in [0.2, 0.25) is 11.9 Å². The Morgan fingerprint density at radius 3 is 1.21 bits per heavy atom. The number of para-hydroxylation sites is 3. The number of hydrogen-bond acceptors (Lipinski definition) is 4. The molecule has 0 saturated heterocycles. The van der Waals surface area contributed by atoms with E-state index >= 15 is 0 Å². The Morgan fingerprint density at radius 1 is 0.242 bits per heavy atom. The molecule has 0 fully saturated rings. The molecule has 0 unspecified atom stereocenters. The number of fused-ring (bicyclic) bond motifs is 10. The fraction of sp³-hybridized carbons (Fsp3) is 0. The lowest BCUT2D eigenvalue weighted by molar-refractivity contribution is 0.889. The summed E-state index contributed by atoms with van der Waals surface area (Å²) in [7, 11) is -6.07. The topological polar surface area (TPSA) is 66.3 Å². The molecule has 13 aromatic carbocycles. The fourth-order valence-electron chi connectivity index (χ4n) is 15.4. The molecule has 0 N–H and O–H groups in total. The van der Waals surface area contributed by atoms with Gasteiger partial charge in [0, 0.05) is 49.8 Å². The Kier molecular flexibility index (Phi) is 13.4. The van der Waals surface area contributed by atoms with Crippen molar-refractivity contribution in [2.24, 2.45) is 0 Å². The van der Waals surface area contributed by atoms with E-state index in [1.54, 1.807) is 0 Å². The van der Waals surface area contributed by atoms with Crippen molar-refractivity contribution in [2.45, 2.75) is 0 Å². The maximum absolute atomic E-state index is 5.81. The summed E-state index contributed by atoms with van der Waals surface area (Å²) in [5.74, 6) is 1.49. The van der Waals surface area contributed by atoms with Gasteiger partial charge in [-0.1, -0.05) is 303 Å². The molecule has 0 atom stereocenters. The van der Waals surface area contributed by atoms with Gasteiger partial charge in [0.25, 0.3) is 0 Å². The quantitative estimate of drug-likeness (QED) is 0.0852. The fourth-order valence-corrected chi connectivity index (χ4v) is 25.1. The average molecular weight is 1250 g/mol. The molecule has 0 aliphatic heterocycles. The van der Waals surface area contributed by atoms with Crippen LogP contribution in [0.1, 0.15) is 0 Å². The summed E-state index contributed by atoms with van der Waals surface area (Å²) < 4.78 is 6.90. The average Bonchev–Trinajstić information content (AvgIpc) is 1.62. The number of hydrogen-bond donors (Lipinski definition) is 0. The van der Waals surface area contributed by atoms with Crippen LogP contribution >= 0.6 is 0 Å². The molecular weight excluding hydrogens is 1190 g/mol. The molecule has 95 heavy (non-hydrogen) atoms. The molecule has 9 heteroatoms. The summed E-state index contributed by atoms with van der Waals surface area (Å²) in [5.41, 5.74) is 10.2. The number of pyridine rings is 1. The van der Waals surface area contributed by atoms with Crippen LogP contribution in [0.5, 0.6) is 0 Å². The van der Waals surface area contributed by atoms with E-state index in [4.69, 9.17) is 19.9 Å². The first kappa shape index (κ1) is 55.7. The second-order valence-corrected chi connectivity index (χ2v) is 32.1. The normalized spacial score (nSPS) is 12.0.